The zero-order valence-corrected chi connectivity index (χ0v) is 17.0. The second kappa shape index (κ2) is 9.46. The molecule has 6 nitrogen and oxygen atoms in total. The minimum Gasteiger partial charge on any atom is -0.492 e. The zero-order chi connectivity index (χ0) is 19.9. The number of hydrogen-bond donors (Lipinski definition) is 0. The van der Waals surface area contributed by atoms with Gasteiger partial charge in [0.1, 0.15) is 12.4 Å². The minimum absolute atomic E-state index is 0.139. The molecule has 1 amide bonds. The summed E-state index contributed by atoms with van der Waals surface area (Å²) in [6.45, 7) is 6.41. The van der Waals surface area contributed by atoms with E-state index in [9.17, 15) is 4.79 Å². The van der Waals surface area contributed by atoms with Crippen LogP contribution in [0.1, 0.15) is 19.3 Å². The molecule has 0 bridgehead atoms. The smallest absolute Gasteiger partial charge is 0.225 e. The predicted octanol–water partition coefficient (Wildman–Crippen LogP) is 2.61. The van der Waals surface area contributed by atoms with Crippen LogP contribution in [-0.2, 0) is 15.1 Å². The van der Waals surface area contributed by atoms with Gasteiger partial charge in [-0.1, -0.05) is 18.2 Å². The zero-order valence-electron chi connectivity index (χ0n) is 17.0. The Bertz CT molecular complexity index is 749. The highest BCUT2D eigenvalue weighted by molar-refractivity contribution is 5.77. The largest absolute Gasteiger partial charge is 0.492 e. The summed E-state index contributed by atoms with van der Waals surface area (Å²) >= 11 is 0. The molecule has 1 aromatic heterocycles. The lowest BCUT2D eigenvalue weighted by Crippen LogP contribution is -2.51. The highest BCUT2D eigenvalue weighted by Crippen LogP contribution is 2.33. The van der Waals surface area contributed by atoms with E-state index in [0.717, 1.165) is 64.5 Å². The molecular weight excluding hydrogens is 366 g/mol. The number of benzene rings is 1. The first-order chi connectivity index (χ1) is 14.3. The second-order valence-electron chi connectivity index (χ2n) is 7.99. The molecule has 3 heterocycles. The van der Waals surface area contributed by atoms with E-state index in [-0.39, 0.29) is 11.4 Å². The monoisotopic (exact) mass is 397 g/mol. The summed E-state index contributed by atoms with van der Waals surface area (Å²) in [5.74, 6) is 1.17. The van der Waals surface area contributed by atoms with Crippen molar-refractivity contribution in [3.8, 4) is 5.75 Å². The Morgan fingerprint density at radius 3 is 2.34 bits per heavy atom. The molecule has 6 heteroatoms. The average Bonchev–Trinajstić information content (AvgIpc) is 3.31. The first kappa shape index (κ1) is 20.0. The van der Waals surface area contributed by atoms with Crippen LogP contribution < -0.4 is 4.74 Å². The van der Waals surface area contributed by atoms with Gasteiger partial charge in [-0.3, -0.25) is 9.69 Å². The molecular formula is C23H31N3O3. The summed E-state index contributed by atoms with van der Waals surface area (Å²) < 4.78 is 13.6. The molecule has 0 atom stereocenters. The first-order valence-electron chi connectivity index (χ1n) is 10.6. The molecule has 2 fully saturated rings. The van der Waals surface area contributed by atoms with Gasteiger partial charge in [0.2, 0.25) is 5.91 Å². The van der Waals surface area contributed by atoms with Crippen molar-refractivity contribution in [2.45, 2.75) is 24.8 Å². The Hall–Kier alpha value is -2.31. The number of amides is 1. The van der Waals surface area contributed by atoms with Crippen molar-refractivity contribution in [1.29, 1.82) is 0 Å². The molecule has 0 N–H and O–H groups in total. The number of piperazine rings is 1. The first-order valence-corrected chi connectivity index (χ1v) is 10.6. The molecule has 2 aliphatic rings. The lowest BCUT2D eigenvalue weighted by Gasteiger charge is -2.41. The summed E-state index contributed by atoms with van der Waals surface area (Å²) in [6, 6.07) is 14.0. The number of aromatic nitrogens is 1. The van der Waals surface area contributed by atoms with Crippen molar-refractivity contribution in [1.82, 2.24) is 14.4 Å². The van der Waals surface area contributed by atoms with Crippen LogP contribution in [0.4, 0.5) is 0 Å². The van der Waals surface area contributed by atoms with E-state index in [4.69, 9.17) is 9.47 Å². The van der Waals surface area contributed by atoms with Gasteiger partial charge in [-0.15, -0.1) is 0 Å². The number of ether oxygens (including phenoxy) is 2. The van der Waals surface area contributed by atoms with E-state index < -0.39 is 0 Å². The Labute approximate surface area is 173 Å². The van der Waals surface area contributed by atoms with Crippen LogP contribution in [0, 0.1) is 0 Å². The third kappa shape index (κ3) is 5.00. The molecule has 156 valence electrons. The summed E-state index contributed by atoms with van der Waals surface area (Å²) in [5, 5.41) is 0. The maximum Gasteiger partial charge on any atom is 0.225 e. The van der Waals surface area contributed by atoms with Gasteiger partial charge >= 0.3 is 0 Å². The van der Waals surface area contributed by atoms with Crippen LogP contribution in [0.3, 0.4) is 0 Å². The van der Waals surface area contributed by atoms with Gasteiger partial charge in [0.05, 0.1) is 12.0 Å². The Morgan fingerprint density at radius 1 is 0.966 bits per heavy atom. The lowest BCUT2D eigenvalue weighted by molar-refractivity contribution is -0.136. The van der Waals surface area contributed by atoms with E-state index in [2.05, 4.69) is 21.9 Å². The maximum absolute atomic E-state index is 13.1. The highest BCUT2D eigenvalue weighted by Gasteiger charge is 2.37. The number of carbonyl (C=O) groups is 1. The summed E-state index contributed by atoms with van der Waals surface area (Å²) in [5.41, 5.74) is -0.139. The third-order valence-corrected chi connectivity index (χ3v) is 6.20. The standard InChI is InChI=1S/C23H31N3O3/c27-22(20-23(8-17-28-18-9-23)26-10-4-5-11-26)25-14-12-24(13-15-25)16-19-29-21-6-2-1-3-7-21/h1-7,10-11H,8-9,12-20H2. The predicted molar refractivity (Wildman–Crippen MR) is 112 cm³/mol. The van der Waals surface area contributed by atoms with E-state index in [1.165, 1.54) is 0 Å². The SMILES string of the molecule is O=C(CC1(n2cccc2)CCOCC1)N1CCN(CCOc2ccccc2)CC1. The van der Waals surface area contributed by atoms with Gasteiger partial charge in [-0.25, -0.2) is 0 Å². The van der Waals surface area contributed by atoms with Crippen molar-refractivity contribution in [3.05, 3.63) is 54.9 Å². The van der Waals surface area contributed by atoms with Gasteiger partial charge in [0, 0.05) is 58.3 Å². The fourth-order valence-corrected chi connectivity index (χ4v) is 4.35. The topological polar surface area (TPSA) is 46.9 Å². The fourth-order valence-electron chi connectivity index (χ4n) is 4.35. The van der Waals surface area contributed by atoms with E-state index in [1.54, 1.807) is 0 Å². The molecule has 29 heavy (non-hydrogen) atoms. The molecule has 0 unspecified atom stereocenters. The Kier molecular flexibility index (Phi) is 6.52. The molecule has 4 rings (SSSR count). The van der Waals surface area contributed by atoms with Gasteiger partial charge < -0.3 is 18.9 Å². The molecule has 0 aliphatic carbocycles. The molecule has 2 saturated heterocycles. The van der Waals surface area contributed by atoms with Gasteiger partial charge in [0.25, 0.3) is 0 Å². The molecule has 0 radical (unpaired) electrons. The number of rotatable bonds is 7. The maximum atomic E-state index is 13.1. The summed E-state index contributed by atoms with van der Waals surface area (Å²) in [4.78, 5) is 17.5. The van der Waals surface area contributed by atoms with Crippen molar-refractivity contribution >= 4 is 5.91 Å². The summed E-state index contributed by atoms with van der Waals surface area (Å²) in [7, 11) is 0. The van der Waals surface area contributed by atoms with E-state index in [1.807, 2.05) is 47.4 Å². The number of para-hydroxylation sites is 1. The van der Waals surface area contributed by atoms with Crippen molar-refractivity contribution in [3.63, 3.8) is 0 Å². The van der Waals surface area contributed by atoms with Crippen molar-refractivity contribution in [2.75, 3.05) is 52.5 Å². The summed E-state index contributed by atoms with van der Waals surface area (Å²) in [6.07, 6.45) is 6.52. The average molecular weight is 398 g/mol. The van der Waals surface area contributed by atoms with Gasteiger partial charge in [0.15, 0.2) is 0 Å². The highest BCUT2D eigenvalue weighted by atomic mass is 16.5. The Balaban J connectivity index is 1.25. The van der Waals surface area contributed by atoms with E-state index >= 15 is 0 Å². The van der Waals surface area contributed by atoms with E-state index in [0.29, 0.717) is 13.0 Å². The molecule has 1 aromatic carbocycles. The van der Waals surface area contributed by atoms with Crippen LogP contribution in [0.15, 0.2) is 54.9 Å². The van der Waals surface area contributed by atoms with Crippen molar-refractivity contribution in [2.24, 2.45) is 0 Å². The van der Waals surface area contributed by atoms with Gasteiger partial charge in [-0.05, 0) is 37.1 Å². The number of hydrogen-bond acceptors (Lipinski definition) is 4. The molecule has 0 saturated carbocycles. The molecule has 2 aromatic rings. The number of carbonyl (C=O) groups excluding carboxylic acids is 1. The van der Waals surface area contributed by atoms with Crippen molar-refractivity contribution < 1.29 is 14.3 Å². The molecule has 0 spiro atoms. The molecule has 2 aliphatic heterocycles. The lowest BCUT2D eigenvalue weighted by atomic mass is 9.85. The number of nitrogens with zero attached hydrogens (tertiary/aromatic N) is 3. The fraction of sp³-hybridized carbons (Fsp3) is 0.522. The van der Waals surface area contributed by atoms with Crippen LogP contribution in [0.25, 0.3) is 0 Å². The normalized spacial score (nSPS) is 19.8. The van der Waals surface area contributed by atoms with Crippen LogP contribution in [-0.4, -0.2) is 72.8 Å². The van der Waals surface area contributed by atoms with Crippen LogP contribution >= 0.6 is 0 Å². The Morgan fingerprint density at radius 2 is 1.66 bits per heavy atom. The van der Waals surface area contributed by atoms with Crippen LogP contribution in [0.5, 0.6) is 5.75 Å². The quantitative estimate of drug-likeness (QED) is 0.721. The second-order valence-corrected chi connectivity index (χ2v) is 7.99. The minimum atomic E-state index is -0.139. The third-order valence-electron chi connectivity index (χ3n) is 6.20. The van der Waals surface area contributed by atoms with Gasteiger partial charge in [-0.2, -0.15) is 0 Å². The van der Waals surface area contributed by atoms with Crippen LogP contribution in [0.2, 0.25) is 0 Å².